The van der Waals surface area contributed by atoms with Crippen molar-refractivity contribution in [2.24, 2.45) is 0 Å². The van der Waals surface area contributed by atoms with Crippen LogP contribution in [0.15, 0.2) is 66.7 Å². The highest BCUT2D eigenvalue weighted by Gasteiger charge is 2.68. The molecule has 1 fully saturated rings. The minimum Gasteiger partial charge on any atom is -0.493 e. The second kappa shape index (κ2) is 8.66. The molecule has 5 rings (SSSR count). The number of fused-ring (bicyclic) bond motifs is 2. The quantitative estimate of drug-likeness (QED) is 0.427. The Hall–Kier alpha value is -3.98. The van der Waals surface area contributed by atoms with Crippen molar-refractivity contribution in [3.63, 3.8) is 0 Å². The maximum atomic E-state index is 13.3. The number of rotatable bonds is 6. The molecule has 1 spiro atoms. The predicted octanol–water partition coefficient (Wildman–Crippen LogP) is 3.94. The number of likely N-dealkylation sites (tertiary alicyclic amines) is 1. The number of anilines is 1. The molecule has 180 valence electrons. The average molecular weight is 477 g/mol. The zero-order valence-electron chi connectivity index (χ0n) is 19.2. The molecule has 1 saturated heterocycles. The van der Waals surface area contributed by atoms with E-state index in [1.165, 1.54) is 19.2 Å². The molecule has 2 aliphatic heterocycles. The Morgan fingerprint density at radius 3 is 2.60 bits per heavy atom. The van der Waals surface area contributed by atoms with Crippen molar-refractivity contribution in [2.75, 3.05) is 26.0 Å². The fourth-order valence-corrected chi connectivity index (χ4v) is 5.36. The van der Waals surface area contributed by atoms with Crippen molar-refractivity contribution in [1.82, 2.24) is 4.90 Å². The Balaban J connectivity index is 1.48. The highest BCUT2D eigenvalue weighted by molar-refractivity contribution is 6.06. The zero-order valence-corrected chi connectivity index (χ0v) is 19.2. The highest BCUT2D eigenvalue weighted by atomic mass is 19.1. The second-order valence-corrected chi connectivity index (χ2v) is 8.81. The molecule has 1 N–H and O–H groups in total. The van der Waals surface area contributed by atoms with E-state index in [0.717, 1.165) is 5.56 Å². The lowest BCUT2D eigenvalue weighted by atomic mass is 9.79. The van der Waals surface area contributed by atoms with Gasteiger partial charge in [-0.3, -0.25) is 19.8 Å². The van der Waals surface area contributed by atoms with Crippen molar-refractivity contribution in [3.8, 4) is 11.5 Å². The number of para-hydroxylation sites is 1. The van der Waals surface area contributed by atoms with E-state index in [2.05, 4.69) is 5.32 Å². The molecule has 2 heterocycles. The number of likely N-dealkylation sites (N-methyl/N-ethyl adjacent to an activating group) is 1. The lowest BCUT2D eigenvalue weighted by molar-refractivity contribution is -0.534. The Morgan fingerprint density at radius 2 is 1.89 bits per heavy atom. The van der Waals surface area contributed by atoms with E-state index >= 15 is 0 Å². The number of amides is 1. The number of ether oxygens (including phenoxy) is 2. The number of hydrogen-bond donors (Lipinski definition) is 1. The predicted molar refractivity (Wildman–Crippen MR) is 127 cm³/mol. The van der Waals surface area contributed by atoms with E-state index in [1.807, 2.05) is 0 Å². The van der Waals surface area contributed by atoms with Gasteiger partial charge in [-0.05, 0) is 48.5 Å². The van der Waals surface area contributed by atoms with Crippen molar-refractivity contribution < 1.29 is 23.6 Å². The summed E-state index contributed by atoms with van der Waals surface area (Å²) in [4.78, 5) is 27.1. The maximum Gasteiger partial charge on any atom is 0.256 e. The van der Waals surface area contributed by atoms with Gasteiger partial charge in [-0.1, -0.05) is 36.4 Å². The van der Waals surface area contributed by atoms with Crippen LogP contribution in [-0.4, -0.2) is 42.5 Å². The number of carbonyl (C=O) groups is 1. The van der Waals surface area contributed by atoms with Crippen LogP contribution in [0.1, 0.15) is 22.6 Å². The van der Waals surface area contributed by atoms with E-state index in [-0.39, 0.29) is 17.3 Å². The molecule has 0 bridgehead atoms. The molecule has 0 aromatic heterocycles. The lowest BCUT2D eigenvalue weighted by Gasteiger charge is -2.30. The van der Waals surface area contributed by atoms with Crippen molar-refractivity contribution >= 4 is 11.6 Å². The fourth-order valence-electron chi connectivity index (χ4n) is 5.36. The molecule has 0 saturated carbocycles. The molecule has 3 aromatic rings. The molecule has 3 aromatic carbocycles. The molecule has 8 nitrogen and oxygen atoms in total. The van der Waals surface area contributed by atoms with Gasteiger partial charge in [0.15, 0.2) is 17.0 Å². The van der Waals surface area contributed by atoms with Crippen molar-refractivity contribution in [2.45, 2.75) is 24.1 Å². The molecule has 0 radical (unpaired) electrons. The molecule has 0 unspecified atom stereocenters. The van der Waals surface area contributed by atoms with Gasteiger partial charge in [0.2, 0.25) is 0 Å². The van der Waals surface area contributed by atoms with Crippen LogP contribution in [0.2, 0.25) is 0 Å². The summed E-state index contributed by atoms with van der Waals surface area (Å²) in [6.45, 7) is 0.520. The Morgan fingerprint density at radius 1 is 1.14 bits per heavy atom. The van der Waals surface area contributed by atoms with Gasteiger partial charge in [0.25, 0.3) is 11.9 Å². The van der Waals surface area contributed by atoms with E-state index in [1.54, 1.807) is 66.5 Å². The number of methoxy groups -OCH3 is 1. The van der Waals surface area contributed by atoms with E-state index < -0.39 is 23.4 Å². The topological polar surface area (TPSA) is 93.9 Å². The summed E-state index contributed by atoms with van der Waals surface area (Å²) in [5, 5.41) is 15.3. The third kappa shape index (κ3) is 3.59. The second-order valence-electron chi connectivity index (χ2n) is 8.81. The third-order valence-corrected chi connectivity index (χ3v) is 6.96. The van der Waals surface area contributed by atoms with Crippen LogP contribution < -0.4 is 14.8 Å². The Labute approximate surface area is 201 Å². The van der Waals surface area contributed by atoms with Gasteiger partial charge in [0, 0.05) is 22.7 Å². The van der Waals surface area contributed by atoms with Gasteiger partial charge in [0.1, 0.15) is 12.4 Å². The Bertz CT molecular complexity index is 1300. The van der Waals surface area contributed by atoms with Gasteiger partial charge < -0.3 is 14.8 Å². The smallest absolute Gasteiger partial charge is 0.256 e. The SMILES string of the molecule is COc1cc([C@@H]2CN(C)[C@@]3(C(=O)Nc4ccccc43)[C@H]2[N+](=O)[O-])ccc1OCc1ccc(F)cc1. The minimum atomic E-state index is -1.41. The monoisotopic (exact) mass is 477 g/mol. The molecule has 1 amide bonds. The molecular weight excluding hydrogens is 453 g/mol. The number of hydrogen-bond acceptors (Lipinski definition) is 6. The third-order valence-electron chi connectivity index (χ3n) is 6.96. The molecule has 2 aliphatic rings. The number of nitrogens with one attached hydrogen (secondary N) is 1. The van der Waals surface area contributed by atoms with Crippen LogP contribution in [0.3, 0.4) is 0 Å². The van der Waals surface area contributed by atoms with Gasteiger partial charge in [-0.15, -0.1) is 0 Å². The molecule has 9 heteroatoms. The van der Waals surface area contributed by atoms with Gasteiger partial charge >= 0.3 is 0 Å². The summed E-state index contributed by atoms with van der Waals surface area (Å²) in [6.07, 6.45) is 0. The van der Waals surface area contributed by atoms with Crippen LogP contribution in [0.25, 0.3) is 0 Å². The summed E-state index contributed by atoms with van der Waals surface area (Å²) in [5.74, 6) is -0.396. The molecular formula is C26H24FN3O5. The zero-order chi connectivity index (χ0) is 24.7. The van der Waals surface area contributed by atoms with Gasteiger partial charge in [0.05, 0.1) is 13.0 Å². The maximum absolute atomic E-state index is 13.3. The summed E-state index contributed by atoms with van der Waals surface area (Å²) >= 11 is 0. The summed E-state index contributed by atoms with van der Waals surface area (Å²) < 4.78 is 24.5. The number of carbonyl (C=O) groups excluding carboxylic acids is 1. The number of nitro groups is 1. The first-order chi connectivity index (χ1) is 16.9. The number of benzene rings is 3. The van der Waals surface area contributed by atoms with Crippen LogP contribution in [0.5, 0.6) is 11.5 Å². The number of nitrogens with zero attached hydrogens (tertiary/aromatic N) is 2. The normalized spacial score (nSPS) is 23.2. The first kappa shape index (κ1) is 22.8. The van der Waals surface area contributed by atoms with Crippen LogP contribution in [0, 0.1) is 15.9 Å². The summed E-state index contributed by atoms with van der Waals surface area (Å²) in [7, 11) is 3.24. The van der Waals surface area contributed by atoms with E-state index in [9.17, 15) is 19.3 Å². The minimum absolute atomic E-state index is 0.208. The van der Waals surface area contributed by atoms with Crippen LogP contribution in [0.4, 0.5) is 10.1 Å². The Kier molecular flexibility index (Phi) is 5.64. The van der Waals surface area contributed by atoms with E-state index in [4.69, 9.17) is 9.47 Å². The fraction of sp³-hybridized carbons (Fsp3) is 0.269. The highest BCUT2D eigenvalue weighted by Crippen LogP contribution is 2.52. The first-order valence-electron chi connectivity index (χ1n) is 11.2. The van der Waals surface area contributed by atoms with Crippen LogP contribution >= 0.6 is 0 Å². The van der Waals surface area contributed by atoms with Gasteiger partial charge in [-0.2, -0.15) is 0 Å². The first-order valence-corrected chi connectivity index (χ1v) is 11.2. The van der Waals surface area contributed by atoms with Crippen LogP contribution in [-0.2, 0) is 16.9 Å². The lowest BCUT2D eigenvalue weighted by Crippen LogP contribution is -2.54. The molecule has 0 aliphatic carbocycles. The standard InChI is InChI=1S/C26H24FN3O5/c1-29-14-19(24(30(32)33)26(29)20-5-3-4-6-21(20)28-25(26)31)17-9-12-22(23(13-17)34-2)35-15-16-7-10-18(27)11-8-16/h3-13,19,24H,14-15H2,1-2H3,(H,28,31)/t19-,24-,26+/m0/s1. The van der Waals surface area contributed by atoms with E-state index in [0.29, 0.717) is 34.9 Å². The molecule has 3 atom stereocenters. The summed E-state index contributed by atoms with van der Waals surface area (Å²) in [6, 6.07) is 17.1. The van der Waals surface area contributed by atoms with Crippen molar-refractivity contribution in [3.05, 3.63) is 99.4 Å². The summed E-state index contributed by atoms with van der Waals surface area (Å²) in [5.41, 5.74) is 1.27. The average Bonchev–Trinajstić information content (AvgIpc) is 3.33. The largest absolute Gasteiger partial charge is 0.493 e. The molecule has 35 heavy (non-hydrogen) atoms. The van der Waals surface area contributed by atoms with Crippen molar-refractivity contribution in [1.29, 1.82) is 0 Å². The van der Waals surface area contributed by atoms with Gasteiger partial charge in [-0.25, -0.2) is 4.39 Å². The number of halogens is 1.